The number of H-pyrrole nitrogens is 2. The minimum Gasteiger partial charge on any atom is -0.497 e. The molecule has 0 bridgehead atoms. The highest BCUT2D eigenvalue weighted by molar-refractivity contribution is 8.05. The van der Waals surface area contributed by atoms with Crippen molar-refractivity contribution < 1.29 is 47.9 Å². The first-order valence-electron chi connectivity index (χ1n) is 6.17. The number of fused-ring (bicyclic) bond motifs is 1. The molecular weight excluding hydrogens is 452 g/mol. The van der Waals surface area contributed by atoms with Crippen LogP contribution in [0.2, 0.25) is 0 Å². The predicted molar refractivity (Wildman–Crippen MR) is 83.1 cm³/mol. The molecule has 154 valence electrons. The van der Waals surface area contributed by atoms with Gasteiger partial charge in [0, 0.05) is 6.07 Å². The lowest BCUT2D eigenvalue weighted by Gasteiger charge is -2.11. The Balaban J connectivity index is 0.000000274. The second kappa shape index (κ2) is 7.64. The number of methoxy groups -OCH3 is 1. The molecule has 17 heteroatoms. The van der Waals surface area contributed by atoms with Crippen LogP contribution in [-0.4, -0.2) is 44.9 Å². The van der Waals surface area contributed by atoms with Crippen LogP contribution in [0.3, 0.4) is 0 Å². The van der Waals surface area contributed by atoms with E-state index in [1.807, 2.05) is 18.2 Å². The van der Waals surface area contributed by atoms with E-state index in [0.29, 0.717) is 4.77 Å². The van der Waals surface area contributed by atoms with Crippen LogP contribution in [0.5, 0.6) is 5.75 Å². The Morgan fingerprint density at radius 2 is 1.37 bits per heavy atom. The lowest BCUT2D eigenvalue weighted by molar-refractivity contribution is -0.0476. The number of ether oxygens (including phenoxy) is 1. The third-order valence-electron chi connectivity index (χ3n) is 2.55. The molecule has 1 aromatic heterocycles. The lowest BCUT2D eigenvalue weighted by atomic mass is 10.3. The fourth-order valence-electron chi connectivity index (χ4n) is 1.38. The standard InChI is InChI=1S/C8H8N2OS.C2HF6NO4S2/c1-11-5-2-3-6-7(4-5)10-8(12)9-6;3-1(4,5)14(10,11)9-15(12,13)2(6,7)8/h2-4H,1H3,(H2,9,10,12);9H. The Bertz CT molecular complexity index is 1030. The van der Waals surface area contributed by atoms with Gasteiger partial charge in [-0.3, -0.25) is 0 Å². The lowest BCUT2D eigenvalue weighted by Crippen LogP contribution is -2.45. The van der Waals surface area contributed by atoms with E-state index in [0.717, 1.165) is 16.8 Å². The van der Waals surface area contributed by atoms with Crippen molar-refractivity contribution in [3.05, 3.63) is 23.0 Å². The van der Waals surface area contributed by atoms with Crippen molar-refractivity contribution in [1.82, 2.24) is 14.1 Å². The molecular formula is C10H9F6N3O5S3. The molecule has 0 spiro atoms. The Kier molecular flexibility index (Phi) is 6.56. The fourth-order valence-corrected chi connectivity index (χ4v) is 3.51. The van der Waals surface area contributed by atoms with Gasteiger partial charge >= 0.3 is 31.1 Å². The Morgan fingerprint density at radius 3 is 1.78 bits per heavy atom. The smallest absolute Gasteiger partial charge is 0.497 e. The summed E-state index contributed by atoms with van der Waals surface area (Å²) in [6.45, 7) is 0. The molecule has 2 aromatic rings. The van der Waals surface area contributed by atoms with Gasteiger partial charge in [0.15, 0.2) is 4.77 Å². The van der Waals surface area contributed by atoms with Gasteiger partial charge in [-0.1, -0.05) is 4.13 Å². The van der Waals surface area contributed by atoms with Gasteiger partial charge in [0.25, 0.3) is 0 Å². The van der Waals surface area contributed by atoms with Crippen LogP contribution < -0.4 is 8.86 Å². The van der Waals surface area contributed by atoms with Gasteiger partial charge in [-0.15, -0.1) is 0 Å². The number of benzene rings is 1. The molecule has 0 radical (unpaired) electrons. The fraction of sp³-hybridized carbons (Fsp3) is 0.300. The maximum absolute atomic E-state index is 11.5. The summed E-state index contributed by atoms with van der Waals surface area (Å²) >= 11 is 4.94. The number of imidazole rings is 1. The van der Waals surface area contributed by atoms with E-state index in [1.54, 1.807) is 7.11 Å². The van der Waals surface area contributed by atoms with Crippen molar-refractivity contribution in [3.8, 4) is 5.75 Å². The summed E-state index contributed by atoms with van der Waals surface area (Å²) in [6, 6.07) is 5.73. The average molecular weight is 461 g/mol. The zero-order valence-electron chi connectivity index (χ0n) is 12.8. The van der Waals surface area contributed by atoms with Crippen LogP contribution in [0.25, 0.3) is 11.0 Å². The average Bonchev–Trinajstić information content (AvgIpc) is 2.83. The van der Waals surface area contributed by atoms with Crippen LogP contribution in [0.1, 0.15) is 0 Å². The Labute approximate surface area is 152 Å². The zero-order chi connectivity index (χ0) is 21.3. The number of hydrogen-bond acceptors (Lipinski definition) is 6. The number of alkyl halides is 6. The van der Waals surface area contributed by atoms with Crippen molar-refractivity contribution >= 4 is 43.3 Å². The number of halogens is 6. The van der Waals surface area contributed by atoms with Crippen molar-refractivity contribution in [2.75, 3.05) is 7.11 Å². The minimum absolute atomic E-state index is 0.493. The van der Waals surface area contributed by atoms with Gasteiger partial charge in [0.05, 0.1) is 18.1 Å². The number of sulfonamides is 2. The first kappa shape index (κ1) is 23.2. The van der Waals surface area contributed by atoms with Crippen molar-refractivity contribution in [2.24, 2.45) is 0 Å². The molecule has 0 amide bonds. The number of nitrogens with one attached hydrogen (secondary N) is 3. The molecule has 3 N–H and O–H groups in total. The molecule has 0 aliphatic carbocycles. The molecule has 0 unspecified atom stereocenters. The van der Waals surface area contributed by atoms with Crippen LogP contribution >= 0.6 is 12.2 Å². The van der Waals surface area contributed by atoms with Gasteiger partial charge in [0.1, 0.15) is 5.75 Å². The highest BCUT2D eigenvalue weighted by Crippen LogP contribution is 2.27. The number of aromatic nitrogens is 2. The van der Waals surface area contributed by atoms with Crippen LogP contribution in [0.4, 0.5) is 26.3 Å². The molecule has 2 rings (SSSR count). The Hall–Kier alpha value is -1.85. The van der Waals surface area contributed by atoms with Gasteiger partial charge in [-0.25, -0.2) is 16.8 Å². The van der Waals surface area contributed by atoms with E-state index in [2.05, 4.69) is 9.97 Å². The van der Waals surface area contributed by atoms with E-state index in [1.165, 1.54) is 0 Å². The van der Waals surface area contributed by atoms with Crippen molar-refractivity contribution in [1.29, 1.82) is 0 Å². The SMILES string of the molecule is COc1ccc2[nH]c(=S)[nH]c2c1.O=S(=O)(NS(=O)(=O)C(F)(F)F)C(F)(F)F. The van der Waals surface area contributed by atoms with Gasteiger partial charge in [-0.05, 0) is 24.4 Å². The summed E-state index contributed by atoms with van der Waals surface area (Å²) in [5, 5.41) is 0. The maximum Gasteiger partial charge on any atom is 0.512 e. The molecule has 0 fully saturated rings. The minimum atomic E-state index is -6.60. The highest BCUT2D eigenvalue weighted by Gasteiger charge is 2.55. The largest absolute Gasteiger partial charge is 0.512 e. The highest BCUT2D eigenvalue weighted by atomic mass is 32.3. The normalized spacial score (nSPS) is 13.1. The predicted octanol–water partition coefficient (Wildman–Crippen LogP) is 2.51. The van der Waals surface area contributed by atoms with Crippen LogP contribution in [-0.2, 0) is 20.0 Å². The van der Waals surface area contributed by atoms with E-state index in [-0.39, 0.29) is 0 Å². The summed E-state index contributed by atoms with van der Waals surface area (Å²) < 4.78 is 114. The van der Waals surface area contributed by atoms with Crippen LogP contribution in [0.15, 0.2) is 18.2 Å². The molecule has 1 aromatic carbocycles. The van der Waals surface area contributed by atoms with Gasteiger partial charge in [-0.2, -0.15) is 26.3 Å². The molecule has 8 nitrogen and oxygen atoms in total. The second-order valence-electron chi connectivity index (χ2n) is 4.47. The van der Waals surface area contributed by atoms with E-state index < -0.39 is 35.2 Å². The molecule has 0 saturated carbocycles. The summed E-state index contributed by atoms with van der Waals surface area (Å²) in [5.74, 6) is 0.827. The molecule has 27 heavy (non-hydrogen) atoms. The quantitative estimate of drug-likeness (QED) is 0.477. The third-order valence-corrected chi connectivity index (χ3v) is 5.73. The Morgan fingerprint density at radius 1 is 0.926 bits per heavy atom. The third kappa shape index (κ3) is 5.81. The zero-order valence-corrected chi connectivity index (χ0v) is 15.2. The molecule has 0 saturated heterocycles. The maximum atomic E-state index is 11.5. The first-order chi connectivity index (χ1) is 12.0. The number of aromatic amines is 2. The second-order valence-corrected chi connectivity index (χ2v) is 8.49. The molecule has 0 aliphatic heterocycles. The number of hydrogen-bond donors (Lipinski definition) is 3. The van der Waals surface area contributed by atoms with Crippen molar-refractivity contribution in [2.45, 2.75) is 11.0 Å². The summed E-state index contributed by atoms with van der Waals surface area (Å²) in [6.07, 6.45) is 0. The summed E-state index contributed by atoms with van der Waals surface area (Å²) in [5.41, 5.74) is -10.3. The monoisotopic (exact) mass is 461 g/mol. The van der Waals surface area contributed by atoms with E-state index >= 15 is 0 Å². The van der Waals surface area contributed by atoms with Crippen molar-refractivity contribution in [3.63, 3.8) is 0 Å². The molecule has 0 atom stereocenters. The molecule has 1 heterocycles. The van der Waals surface area contributed by atoms with E-state index in [9.17, 15) is 43.2 Å². The number of rotatable bonds is 3. The van der Waals surface area contributed by atoms with Gasteiger partial charge in [0.2, 0.25) is 0 Å². The summed E-state index contributed by atoms with van der Waals surface area (Å²) in [4.78, 5) is 6.03. The van der Waals surface area contributed by atoms with Gasteiger partial charge < -0.3 is 14.7 Å². The van der Waals surface area contributed by atoms with Crippen LogP contribution in [0, 0.1) is 4.77 Å². The van der Waals surface area contributed by atoms with E-state index in [4.69, 9.17) is 17.0 Å². The topological polar surface area (TPSA) is 121 Å². The first-order valence-corrected chi connectivity index (χ1v) is 9.55. The molecule has 0 aliphatic rings. The summed E-state index contributed by atoms with van der Waals surface area (Å²) in [7, 11) is -11.6.